The van der Waals surface area contributed by atoms with E-state index in [-0.39, 0.29) is 0 Å². The van der Waals surface area contributed by atoms with Gasteiger partial charge in [-0.15, -0.1) is 0 Å². The van der Waals surface area contributed by atoms with Crippen molar-refractivity contribution in [3.05, 3.63) is 0 Å². The van der Waals surface area contributed by atoms with Crippen LogP contribution in [0.5, 0.6) is 0 Å². The largest absolute Gasteiger partial charge is 0.317 e. The third-order valence-corrected chi connectivity index (χ3v) is 4.20. The predicted octanol–water partition coefficient (Wildman–Crippen LogP) is 3.13. The Kier molecular flexibility index (Phi) is 5.94. The molecule has 0 aromatic heterocycles. The summed E-state index contributed by atoms with van der Waals surface area (Å²) in [5.41, 5.74) is 0.499. The topological polar surface area (TPSA) is 15.3 Å². The van der Waals surface area contributed by atoms with Crippen LogP contribution in [0.4, 0.5) is 0 Å². The highest BCUT2D eigenvalue weighted by molar-refractivity contribution is 4.78. The summed E-state index contributed by atoms with van der Waals surface area (Å²) in [5, 5.41) is 3.39. The monoisotopic (exact) mass is 240 g/mol. The number of likely N-dealkylation sites (tertiary alicyclic amines) is 1. The van der Waals surface area contributed by atoms with E-state index >= 15 is 0 Å². The summed E-state index contributed by atoms with van der Waals surface area (Å²) in [7, 11) is 2.08. The van der Waals surface area contributed by atoms with E-state index in [0.717, 1.165) is 5.92 Å². The van der Waals surface area contributed by atoms with Gasteiger partial charge in [0.1, 0.15) is 0 Å². The Balaban J connectivity index is 2.15. The first-order chi connectivity index (χ1) is 7.92. The maximum Gasteiger partial charge on any atom is 0.00649 e. The van der Waals surface area contributed by atoms with E-state index in [1.54, 1.807) is 0 Å². The first-order valence-corrected chi connectivity index (χ1v) is 7.32. The van der Waals surface area contributed by atoms with E-state index in [9.17, 15) is 0 Å². The SMILES string of the molecule is CNC(C)C1CCN(CCCC(C)(C)C)CC1. The van der Waals surface area contributed by atoms with Gasteiger partial charge in [-0.2, -0.15) is 0 Å². The molecule has 1 heterocycles. The summed E-state index contributed by atoms with van der Waals surface area (Å²) in [4.78, 5) is 2.66. The summed E-state index contributed by atoms with van der Waals surface area (Å²) >= 11 is 0. The zero-order valence-corrected chi connectivity index (χ0v) is 12.6. The molecule has 1 aliphatic rings. The van der Waals surface area contributed by atoms with Crippen molar-refractivity contribution in [3.8, 4) is 0 Å². The molecule has 1 saturated heterocycles. The van der Waals surface area contributed by atoms with E-state index in [2.05, 4.69) is 45.0 Å². The lowest BCUT2D eigenvalue weighted by Gasteiger charge is -2.35. The third kappa shape index (κ3) is 5.87. The van der Waals surface area contributed by atoms with Gasteiger partial charge >= 0.3 is 0 Å². The fraction of sp³-hybridized carbons (Fsp3) is 1.00. The van der Waals surface area contributed by atoms with Crippen molar-refractivity contribution in [3.63, 3.8) is 0 Å². The average Bonchev–Trinajstić information content (AvgIpc) is 2.27. The molecular formula is C15H32N2. The summed E-state index contributed by atoms with van der Waals surface area (Å²) in [6.45, 7) is 13.3. The quantitative estimate of drug-likeness (QED) is 0.794. The maximum atomic E-state index is 3.39. The lowest BCUT2D eigenvalue weighted by atomic mass is 9.89. The van der Waals surface area contributed by atoms with E-state index in [1.165, 1.54) is 45.3 Å². The van der Waals surface area contributed by atoms with E-state index in [0.29, 0.717) is 11.5 Å². The fourth-order valence-electron chi connectivity index (χ4n) is 2.75. The number of nitrogens with one attached hydrogen (secondary N) is 1. The molecule has 0 aromatic rings. The molecule has 0 bridgehead atoms. The Morgan fingerprint density at radius 2 is 1.82 bits per heavy atom. The Morgan fingerprint density at radius 3 is 2.29 bits per heavy atom. The molecule has 1 N–H and O–H groups in total. The minimum absolute atomic E-state index is 0.499. The number of hydrogen-bond donors (Lipinski definition) is 1. The molecule has 1 aliphatic heterocycles. The minimum atomic E-state index is 0.499. The van der Waals surface area contributed by atoms with Crippen LogP contribution >= 0.6 is 0 Å². The van der Waals surface area contributed by atoms with Gasteiger partial charge in [-0.3, -0.25) is 0 Å². The molecular weight excluding hydrogens is 208 g/mol. The summed E-state index contributed by atoms with van der Waals surface area (Å²) in [6.07, 6.45) is 5.45. The molecule has 0 aromatic carbocycles. The molecule has 0 radical (unpaired) electrons. The number of nitrogens with zero attached hydrogens (tertiary/aromatic N) is 1. The van der Waals surface area contributed by atoms with E-state index in [4.69, 9.17) is 0 Å². The molecule has 17 heavy (non-hydrogen) atoms. The molecule has 1 fully saturated rings. The van der Waals surface area contributed by atoms with Crippen molar-refractivity contribution >= 4 is 0 Å². The summed E-state index contributed by atoms with van der Waals surface area (Å²) < 4.78 is 0. The zero-order valence-electron chi connectivity index (χ0n) is 12.6. The Morgan fingerprint density at radius 1 is 1.24 bits per heavy atom. The highest BCUT2D eigenvalue weighted by Crippen LogP contribution is 2.23. The second-order valence-corrected chi connectivity index (χ2v) is 6.92. The maximum absolute atomic E-state index is 3.39. The second kappa shape index (κ2) is 6.75. The van der Waals surface area contributed by atoms with Gasteiger partial charge < -0.3 is 10.2 Å². The van der Waals surface area contributed by atoms with Crippen molar-refractivity contribution in [1.82, 2.24) is 10.2 Å². The lowest BCUT2D eigenvalue weighted by molar-refractivity contribution is 0.158. The van der Waals surface area contributed by atoms with Crippen molar-refractivity contribution in [2.24, 2.45) is 11.3 Å². The minimum Gasteiger partial charge on any atom is -0.317 e. The standard InChI is InChI=1S/C15H32N2/c1-13(16-5)14-7-11-17(12-8-14)10-6-9-15(2,3)4/h13-14,16H,6-12H2,1-5H3. The number of piperidine rings is 1. The molecule has 1 unspecified atom stereocenters. The first-order valence-electron chi connectivity index (χ1n) is 7.32. The van der Waals surface area contributed by atoms with Crippen molar-refractivity contribution in [2.45, 2.75) is 59.4 Å². The van der Waals surface area contributed by atoms with Gasteiger partial charge in [0.2, 0.25) is 0 Å². The molecule has 1 rings (SSSR count). The van der Waals surface area contributed by atoms with Gasteiger partial charge in [-0.05, 0) is 70.6 Å². The molecule has 0 amide bonds. The van der Waals surface area contributed by atoms with Crippen LogP contribution < -0.4 is 5.32 Å². The van der Waals surface area contributed by atoms with Crippen molar-refractivity contribution < 1.29 is 0 Å². The van der Waals surface area contributed by atoms with Crippen LogP contribution in [0, 0.1) is 11.3 Å². The van der Waals surface area contributed by atoms with Gasteiger partial charge in [0.15, 0.2) is 0 Å². The summed E-state index contributed by atoms with van der Waals surface area (Å²) in [5.74, 6) is 0.888. The Bertz CT molecular complexity index is 199. The number of hydrogen-bond acceptors (Lipinski definition) is 2. The first kappa shape index (κ1) is 15.0. The van der Waals surface area contributed by atoms with Gasteiger partial charge in [-0.1, -0.05) is 20.8 Å². The highest BCUT2D eigenvalue weighted by Gasteiger charge is 2.22. The molecule has 102 valence electrons. The Hall–Kier alpha value is -0.0800. The van der Waals surface area contributed by atoms with Crippen molar-refractivity contribution in [1.29, 1.82) is 0 Å². The molecule has 2 nitrogen and oxygen atoms in total. The fourth-order valence-corrected chi connectivity index (χ4v) is 2.75. The molecule has 0 saturated carbocycles. The molecule has 1 atom stereocenters. The summed E-state index contributed by atoms with van der Waals surface area (Å²) in [6, 6.07) is 0.687. The zero-order chi connectivity index (χ0) is 12.9. The van der Waals surface area contributed by atoms with Crippen LogP contribution in [0.3, 0.4) is 0 Å². The second-order valence-electron chi connectivity index (χ2n) is 6.92. The van der Waals surface area contributed by atoms with Gasteiger partial charge in [0.25, 0.3) is 0 Å². The van der Waals surface area contributed by atoms with E-state index in [1.807, 2.05) is 0 Å². The molecule has 2 heteroatoms. The smallest absolute Gasteiger partial charge is 0.00649 e. The molecule has 0 aliphatic carbocycles. The van der Waals surface area contributed by atoms with Crippen LogP contribution in [0.15, 0.2) is 0 Å². The Labute approximate surface area is 108 Å². The molecule has 0 spiro atoms. The van der Waals surface area contributed by atoms with Crippen LogP contribution in [-0.4, -0.2) is 37.6 Å². The van der Waals surface area contributed by atoms with E-state index < -0.39 is 0 Å². The van der Waals surface area contributed by atoms with Gasteiger partial charge in [0, 0.05) is 6.04 Å². The highest BCUT2D eigenvalue weighted by atomic mass is 15.1. The lowest BCUT2D eigenvalue weighted by Crippen LogP contribution is -2.41. The van der Waals surface area contributed by atoms with Gasteiger partial charge in [0.05, 0.1) is 0 Å². The van der Waals surface area contributed by atoms with Crippen molar-refractivity contribution in [2.75, 3.05) is 26.7 Å². The average molecular weight is 240 g/mol. The normalized spacial score (nSPS) is 21.7. The van der Waals surface area contributed by atoms with Crippen LogP contribution in [0.25, 0.3) is 0 Å². The van der Waals surface area contributed by atoms with Crippen LogP contribution in [-0.2, 0) is 0 Å². The van der Waals surface area contributed by atoms with Crippen LogP contribution in [0.1, 0.15) is 53.4 Å². The van der Waals surface area contributed by atoms with Crippen LogP contribution in [0.2, 0.25) is 0 Å². The predicted molar refractivity (Wildman–Crippen MR) is 76.4 cm³/mol. The third-order valence-electron chi connectivity index (χ3n) is 4.20. The number of rotatable bonds is 5. The van der Waals surface area contributed by atoms with Gasteiger partial charge in [-0.25, -0.2) is 0 Å².